The molecule has 1 saturated heterocycles. The van der Waals surface area contributed by atoms with E-state index in [2.05, 4.69) is 6.58 Å². The van der Waals surface area contributed by atoms with E-state index in [1.165, 1.54) is 0 Å². The predicted molar refractivity (Wildman–Crippen MR) is 64.9 cm³/mol. The van der Waals surface area contributed by atoms with Crippen molar-refractivity contribution in [2.45, 2.75) is 12.3 Å². The van der Waals surface area contributed by atoms with Gasteiger partial charge in [-0.2, -0.15) is 0 Å². The fraction of sp³-hybridized carbons (Fsp3) is 0.357. The SMILES string of the molecule is C=C(C(=O)O)C(C)C1(c2ccccc2)COC1. The molecule has 0 radical (unpaired) electrons. The van der Waals surface area contributed by atoms with Gasteiger partial charge in [0.05, 0.1) is 13.2 Å². The number of rotatable bonds is 4. The molecule has 0 amide bonds. The smallest absolute Gasteiger partial charge is 0.331 e. The zero-order valence-electron chi connectivity index (χ0n) is 9.85. The van der Waals surface area contributed by atoms with Crippen LogP contribution in [0.25, 0.3) is 0 Å². The van der Waals surface area contributed by atoms with Crippen LogP contribution < -0.4 is 0 Å². The Morgan fingerprint density at radius 2 is 2.00 bits per heavy atom. The van der Waals surface area contributed by atoms with Crippen LogP contribution in [0.15, 0.2) is 42.5 Å². The van der Waals surface area contributed by atoms with Crippen molar-refractivity contribution in [2.75, 3.05) is 13.2 Å². The molecule has 1 aliphatic rings. The molecule has 1 atom stereocenters. The lowest BCUT2D eigenvalue weighted by Gasteiger charge is -2.46. The van der Waals surface area contributed by atoms with Gasteiger partial charge in [-0.15, -0.1) is 0 Å². The van der Waals surface area contributed by atoms with Crippen LogP contribution in [0.5, 0.6) is 0 Å². The fourth-order valence-corrected chi connectivity index (χ4v) is 2.28. The number of benzene rings is 1. The van der Waals surface area contributed by atoms with Crippen LogP contribution in [0.2, 0.25) is 0 Å². The van der Waals surface area contributed by atoms with Crippen LogP contribution in [0.3, 0.4) is 0 Å². The van der Waals surface area contributed by atoms with E-state index in [1.807, 2.05) is 37.3 Å². The molecule has 0 spiro atoms. The highest BCUT2D eigenvalue weighted by Crippen LogP contribution is 2.42. The van der Waals surface area contributed by atoms with Crippen molar-refractivity contribution in [1.29, 1.82) is 0 Å². The van der Waals surface area contributed by atoms with E-state index in [1.54, 1.807) is 0 Å². The highest BCUT2D eigenvalue weighted by molar-refractivity contribution is 5.86. The van der Waals surface area contributed by atoms with E-state index < -0.39 is 5.97 Å². The topological polar surface area (TPSA) is 46.5 Å². The van der Waals surface area contributed by atoms with E-state index >= 15 is 0 Å². The average Bonchev–Trinajstić information content (AvgIpc) is 2.27. The lowest BCUT2D eigenvalue weighted by atomic mass is 9.67. The van der Waals surface area contributed by atoms with Crippen molar-refractivity contribution in [3.05, 3.63) is 48.0 Å². The van der Waals surface area contributed by atoms with Crippen molar-refractivity contribution < 1.29 is 14.6 Å². The first-order valence-electron chi connectivity index (χ1n) is 5.63. The molecule has 0 bridgehead atoms. The summed E-state index contributed by atoms with van der Waals surface area (Å²) in [4.78, 5) is 11.0. The fourth-order valence-electron chi connectivity index (χ4n) is 2.28. The molecule has 90 valence electrons. The number of aliphatic carboxylic acids is 1. The largest absolute Gasteiger partial charge is 0.478 e. The van der Waals surface area contributed by atoms with Crippen LogP contribution in [0, 0.1) is 5.92 Å². The molecule has 1 aromatic carbocycles. The van der Waals surface area contributed by atoms with Gasteiger partial charge in [-0.1, -0.05) is 43.8 Å². The van der Waals surface area contributed by atoms with Gasteiger partial charge in [-0.05, 0) is 5.56 Å². The van der Waals surface area contributed by atoms with Gasteiger partial charge in [0.1, 0.15) is 0 Å². The van der Waals surface area contributed by atoms with Gasteiger partial charge < -0.3 is 9.84 Å². The quantitative estimate of drug-likeness (QED) is 0.810. The molecule has 17 heavy (non-hydrogen) atoms. The first kappa shape index (κ1) is 11.9. The summed E-state index contributed by atoms with van der Waals surface area (Å²) in [6, 6.07) is 9.92. The van der Waals surface area contributed by atoms with Crippen molar-refractivity contribution in [1.82, 2.24) is 0 Å². The normalized spacial score (nSPS) is 19.1. The highest BCUT2D eigenvalue weighted by Gasteiger charge is 2.46. The first-order valence-corrected chi connectivity index (χ1v) is 5.63. The van der Waals surface area contributed by atoms with E-state index in [9.17, 15) is 4.79 Å². The third kappa shape index (κ3) is 1.87. The molecule has 0 aliphatic carbocycles. The maximum absolute atomic E-state index is 11.0. The minimum atomic E-state index is -0.931. The molecule has 0 saturated carbocycles. The van der Waals surface area contributed by atoms with Crippen LogP contribution >= 0.6 is 0 Å². The van der Waals surface area contributed by atoms with Crippen molar-refractivity contribution in [3.8, 4) is 0 Å². The maximum Gasteiger partial charge on any atom is 0.331 e. The van der Waals surface area contributed by atoms with Gasteiger partial charge in [0.25, 0.3) is 0 Å². The number of hydrogen-bond donors (Lipinski definition) is 1. The summed E-state index contributed by atoms with van der Waals surface area (Å²) >= 11 is 0. The highest BCUT2D eigenvalue weighted by atomic mass is 16.5. The van der Waals surface area contributed by atoms with Gasteiger partial charge in [0, 0.05) is 16.9 Å². The molecule has 1 aliphatic heterocycles. The molecule has 1 unspecified atom stereocenters. The minimum Gasteiger partial charge on any atom is -0.478 e. The summed E-state index contributed by atoms with van der Waals surface area (Å²) in [5.41, 5.74) is 1.15. The Balaban J connectivity index is 2.33. The molecule has 1 N–H and O–H groups in total. The van der Waals surface area contributed by atoms with E-state index in [0.29, 0.717) is 13.2 Å². The Bertz CT molecular complexity index is 432. The Morgan fingerprint density at radius 1 is 1.41 bits per heavy atom. The maximum atomic E-state index is 11.0. The van der Waals surface area contributed by atoms with E-state index in [0.717, 1.165) is 5.56 Å². The van der Waals surface area contributed by atoms with Crippen LogP contribution in [-0.4, -0.2) is 24.3 Å². The molecule has 1 aromatic rings. The molecule has 3 nitrogen and oxygen atoms in total. The monoisotopic (exact) mass is 232 g/mol. The molecule has 3 heteroatoms. The summed E-state index contributed by atoms with van der Waals surface area (Å²) in [5, 5.41) is 9.04. The zero-order valence-corrected chi connectivity index (χ0v) is 9.85. The summed E-state index contributed by atoms with van der Waals surface area (Å²) in [7, 11) is 0. The zero-order chi connectivity index (χ0) is 12.5. The van der Waals surface area contributed by atoms with Gasteiger partial charge in [0.2, 0.25) is 0 Å². The Labute approximate surface area is 101 Å². The Hall–Kier alpha value is -1.61. The van der Waals surface area contributed by atoms with Crippen molar-refractivity contribution in [2.24, 2.45) is 5.92 Å². The summed E-state index contributed by atoms with van der Waals surface area (Å²) in [6.45, 7) is 6.70. The van der Waals surface area contributed by atoms with Gasteiger partial charge in [0.15, 0.2) is 0 Å². The Morgan fingerprint density at radius 3 is 2.41 bits per heavy atom. The molecule has 2 rings (SSSR count). The average molecular weight is 232 g/mol. The van der Waals surface area contributed by atoms with Gasteiger partial charge in [-0.3, -0.25) is 0 Å². The number of carbonyl (C=O) groups is 1. The predicted octanol–water partition coefficient (Wildman–Crippen LogP) is 2.23. The third-order valence-corrected chi connectivity index (χ3v) is 3.69. The second kappa shape index (κ2) is 4.34. The molecule has 1 fully saturated rings. The number of carboxylic acids is 1. The summed E-state index contributed by atoms with van der Waals surface area (Å²) < 4.78 is 5.31. The number of hydrogen-bond acceptors (Lipinski definition) is 2. The second-order valence-corrected chi connectivity index (χ2v) is 4.57. The second-order valence-electron chi connectivity index (χ2n) is 4.57. The first-order chi connectivity index (χ1) is 8.08. The lowest BCUT2D eigenvalue weighted by Crippen LogP contribution is -2.52. The molecular weight excluding hydrogens is 216 g/mol. The minimum absolute atomic E-state index is 0.129. The van der Waals surface area contributed by atoms with Gasteiger partial charge in [-0.25, -0.2) is 4.79 Å². The standard InChI is InChI=1S/C14H16O3/c1-10(13(15)16)11(2)14(8-17-9-14)12-6-4-3-5-7-12/h3-7,11H,1,8-9H2,2H3,(H,15,16). The third-order valence-electron chi connectivity index (χ3n) is 3.69. The van der Waals surface area contributed by atoms with Crippen molar-refractivity contribution in [3.63, 3.8) is 0 Å². The molecule has 0 aromatic heterocycles. The molecule has 1 heterocycles. The van der Waals surface area contributed by atoms with Crippen LogP contribution in [0.1, 0.15) is 12.5 Å². The number of carboxylic acid groups (broad SMARTS) is 1. The number of ether oxygens (including phenoxy) is 1. The van der Waals surface area contributed by atoms with Gasteiger partial charge >= 0.3 is 5.97 Å². The summed E-state index contributed by atoms with van der Waals surface area (Å²) in [6.07, 6.45) is 0. The molecular formula is C14H16O3. The Kier molecular flexibility index (Phi) is 3.03. The van der Waals surface area contributed by atoms with Crippen molar-refractivity contribution >= 4 is 5.97 Å². The van der Waals surface area contributed by atoms with Crippen LogP contribution in [-0.2, 0) is 14.9 Å². The van der Waals surface area contributed by atoms with E-state index in [-0.39, 0.29) is 16.9 Å². The summed E-state index contributed by atoms with van der Waals surface area (Å²) in [5.74, 6) is -1.06. The van der Waals surface area contributed by atoms with Crippen LogP contribution in [0.4, 0.5) is 0 Å². The van der Waals surface area contributed by atoms with E-state index in [4.69, 9.17) is 9.84 Å². The lowest BCUT2D eigenvalue weighted by molar-refractivity contribution is -0.135.